The Morgan fingerprint density at radius 1 is 1.42 bits per heavy atom. The quantitative estimate of drug-likeness (QED) is 0.916. The number of hydrogen-bond donors (Lipinski definition) is 1. The van der Waals surface area contributed by atoms with Crippen LogP contribution in [-0.2, 0) is 6.54 Å². The minimum absolute atomic E-state index is 0.210. The van der Waals surface area contributed by atoms with Crippen LogP contribution in [-0.4, -0.2) is 23.1 Å². The van der Waals surface area contributed by atoms with Gasteiger partial charge in [-0.2, -0.15) is 0 Å². The zero-order valence-electron chi connectivity index (χ0n) is 11.7. The van der Waals surface area contributed by atoms with Crippen LogP contribution in [0.25, 0.3) is 0 Å². The fourth-order valence-electron chi connectivity index (χ4n) is 2.81. The van der Waals surface area contributed by atoms with Crippen molar-refractivity contribution in [2.75, 3.05) is 11.4 Å². The summed E-state index contributed by atoms with van der Waals surface area (Å²) in [6.45, 7) is 6.46. The lowest BCUT2D eigenvalue weighted by molar-refractivity contribution is 0.513. The molecule has 1 N–H and O–H groups in total. The fraction of sp³-hybridized carbons (Fsp3) is 0.667. The Bertz CT molecular complexity index is 468. The minimum Gasteiger partial charge on any atom is -0.351 e. The lowest BCUT2D eigenvalue weighted by Gasteiger charge is -2.33. The zero-order chi connectivity index (χ0) is 13.5. The SMILES string of the molecule is CC1(C)CCCN1c1ccc(Cl)c(CNC2CC2)n1. The van der Waals surface area contributed by atoms with Gasteiger partial charge in [-0.05, 0) is 51.7 Å². The average Bonchev–Trinajstić information content (AvgIpc) is 3.12. The Labute approximate surface area is 120 Å². The first-order chi connectivity index (χ1) is 9.06. The van der Waals surface area contributed by atoms with Gasteiger partial charge in [0, 0.05) is 24.7 Å². The highest BCUT2D eigenvalue weighted by Gasteiger charge is 2.33. The van der Waals surface area contributed by atoms with Crippen LogP contribution in [0.2, 0.25) is 5.02 Å². The van der Waals surface area contributed by atoms with Crippen molar-refractivity contribution in [1.29, 1.82) is 0 Å². The summed E-state index contributed by atoms with van der Waals surface area (Å²) in [5.41, 5.74) is 1.19. The highest BCUT2D eigenvalue weighted by Crippen LogP contribution is 2.33. The Balaban J connectivity index is 1.79. The van der Waals surface area contributed by atoms with Crippen molar-refractivity contribution in [3.63, 3.8) is 0 Å². The van der Waals surface area contributed by atoms with Gasteiger partial charge >= 0.3 is 0 Å². The molecule has 0 bridgehead atoms. The van der Waals surface area contributed by atoms with Gasteiger partial charge in [-0.25, -0.2) is 4.98 Å². The van der Waals surface area contributed by atoms with E-state index in [-0.39, 0.29) is 5.54 Å². The molecule has 2 aliphatic rings. The summed E-state index contributed by atoms with van der Waals surface area (Å²) in [6.07, 6.45) is 5.05. The summed E-state index contributed by atoms with van der Waals surface area (Å²) in [7, 11) is 0. The molecule has 3 nitrogen and oxygen atoms in total. The number of rotatable bonds is 4. The van der Waals surface area contributed by atoms with E-state index < -0.39 is 0 Å². The summed E-state index contributed by atoms with van der Waals surface area (Å²) in [5, 5.41) is 4.26. The summed E-state index contributed by atoms with van der Waals surface area (Å²) in [5.74, 6) is 1.07. The Morgan fingerprint density at radius 2 is 2.21 bits per heavy atom. The number of nitrogens with zero attached hydrogens (tertiary/aromatic N) is 2. The van der Waals surface area contributed by atoms with Crippen molar-refractivity contribution >= 4 is 17.4 Å². The van der Waals surface area contributed by atoms with Gasteiger partial charge < -0.3 is 10.2 Å². The van der Waals surface area contributed by atoms with Crippen LogP contribution < -0.4 is 10.2 Å². The van der Waals surface area contributed by atoms with E-state index in [1.165, 1.54) is 25.7 Å². The minimum atomic E-state index is 0.210. The Hall–Kier alpha value is -0.800. The van der Waals surface area contributed by atoms with E-state index in [1.54, 1.807) is 0 Å². The van der Waals surface area contributed by atoms with Gasteiger partial charge in [0.25, 0.3) is 0 Å². The second-order valence-electron chi connectivity index (χ2n) is 6.32. The molecule has 1 saturated heterocycles. The molecular formula is C15H22ClN3. The normalized spacial score (nSPS) is 21.9. The number of halogens is 1. The summed E-state index contributed by atoms with van der Waals surface area (Å²) in [4.78, 5) is 7.19. The molecule has 0 spiro atoms. The second-order valence-corrected chi connectivity index (χ2v) is 6.73. The van der Waals surface area contributed by atoms with Gasteiger partial charge in [0.1, 0.15) is 5.82 Å². The van der Waals surface area contributed by atoms with E-state index in [1.807, 2.05) is 6.07 Å². The molecule has 1 saturated carbocycles. The van der Waals surface area contributed by atoms with Gasteiger partial charge in [0.05, 0.1) is 10.7 Å². The first-order valence-corrected chi connectivity index (χ1v) is 7.60. The van der Waals surface area contributed by atoms with Crippen LogP contribution in [0.4, 0.5) is 5.82 Å². The molecule has 0 unspecified atom stereocenters. The molecule has 4 heteroatoms. The third kappa shape index (κ3) is 2.87. The first-order valence-electron chi connectivity index (χ1n) is 7.23. The highest BCUT2D eigenvalue weighted by atomic mass is 35.5. The van der Waals surface area contributed by atoms with Crippen molar-refractivity contribution in [2.45, 2.75) is 57.7 Å². The van der Waals surface area contributed by atoms with Gasteiger partial charge in [-0.1, -0.05) is 11.6 Å². The van der Waals surface area contributed by atoms with Crippen molar-refractivity contribution in [2.24, 2.45) is 0 Å². The Kier molecular flexibility index (Phi) is 3.44. The van der Waals surface area contributed by atoms with E-state index in [9.17, 15) is 0 Å². The van der Waals surface area contributed by atoms with E-state index in [4.69, 9.17) is 16.6 Å². The van der Waals surface area contributed by atoms with Crippen LogP contribution in [0, 0.1) is 0 Å². The molecule has 2 heterocycles. The predicted octanol–water partition coefficient (Wildman–Crippen LogP) is 3.37. The lowest BCUT2D eigenvalue weighted by atomic mass is 10.0. The van der Waals surface area contributed by atoms with Crippen LogP contribution >= 0.6 is 11.6 Å². The smallest absolute Gasteiger partial charge is 0.129 e. The molecule has 3 rings (SSSR count). The van der Waals surface area contributed by atoms with E-state index in [2.05, 4.69) is 30.1 Å². The first kappa shape index (κ1) is 13.2. The zero-order valence-corrected chi connectivity index (χ0v) is 12.5. The molecule has 104 valence electrons. The van der Waals surface area contributed by atoms with Gasteiger partial charge in [0.2, 0.25) is 0 Å². The predicted molar refractivity (Wildman–Crippen MR) is 79.8 cm³/mol. The largest absolute Gasteiger partial charge is 0.351 e. The van der Waals surface area contributed by atoms with E-state index in [0.29, 0.717) is 6.04 Å². The second kappa shape index (κ2) is 4.95. The molecule has 0 atom stereocenters. The molecule has 2 fully saturated rings. The molecule has 0 radical (unpaired) electrons. The molecule has 1 aromatic heterocycles. The number of nitrogens with one attached hydrogen (secondary N) is 1. The van der Waals surface area contributed by atoms with Crippen LogP contribution in [0.1, 0.15) is 45.2 Å². The molecule has 0 aromatic carbocycles. The van der Waals surface area contributed by atoms with Gasteiger partial charge in [-0.3, -0.25) is 0 Å². The van der Waals surface area contributed by atoms with Gasteiger partial charge in [0.15, 0.2) is 0 Å². The lowest BCUT2D eigenvalue weighted by Crippen LogP contribution is -2.38. The van der Waals surface area contributed by atoms with Crippen molar-refractivity contribution in [1.82, 2.24) is 10.3 Å². The third-order valence-corrected chi connectivity index (χ3v) is 4.56. The summed E-state index contributed by atoms with van der Waals surface area (Å²) < 4.78 is 0. The molecule has 19 heavy (non-hydrogen) atoms. The van der Waals surface area contributed by atoms with Crippen LogP contribution in [0.15, 0.2) is 12.1 Å². The van der Waals surface area contributed by atoms with Crippen LogP contribution in [0.3, 0.4) is 0 Å². The topological polar surface area (TPSA) is 28.2 Å². The number of anilines is 1. The maximum Gasteiger partial charge on any atom is 0.129 e. The summed E-state index contributed by atoms with van der Waals surface area (Å²) in [6, 6.07) is 4.72. The fourth-order valence-corrected chi connectivity index (χ4v) is 2.98. The highest BCUT2D eigenvalue weighted by molar-refractivity contribution is 6.31. The maximum atomic E-state index is 6.26. The van der Waals surface area contributed by atoms with E-state index in [0.717, 1.165) is 29.6 Å². The molecular weight excluding hydrogens is 258 g/mol. The standard InChI is InChI=1S/C15H22ClN3/c1-15(2)8-3-9-19(15)14-7-6-12(16)13(18-14)10-17-11-4-5-11/h6-7,11,17H,3-5,8-10H2,1-2H3. The van der Waals surface area contributed by atoms with Gasteiger partial charge in [-0.15, -0.1) is 0 Å². The number of pyridine rings is 1. The molecule has 1 aliphatic carbocycles. The van der Waals surface area contributed by atoms with Crippen molar-refractivity contribution < 1.29 is 0 Å². The average molecular weight is 280 g/mol. The number of hydrogen-bond acceptors (Lipinski definition) is 3. The molecule has 0 amide bonds. The monoisotopic (exact) mass is 279 g/mol. The maximum absolute atomic E-state index is 6.26. The molecule has 1 aromatic rings. The third-order valence-electron chi connectivity index (χ3n) is 4.22. The van der Waals surface area contributed by atoms with Crippen LogP contribution in [0.5, 0.6) is 0 Å². The molecule has 1 aliphatic heterocycles. The summed E-state index contributed by atoms with van der Waals surface area (Å²) >= 11 is 6.26. The van der Waals surface area contributed by atoms with Crippen molar-refractivity contribution in [3.8, 4) is 0 Å². The Morgan fingerprint density at radius 3 is 2.84 bits per heavy atom. The van der Waals surface area contributed by atoms with E-state index >= 15 is 0 Å². The number of aromatic nitrogens is 1. The van der Waals surface area contributed by atoms with Crippen molar-refractivity contribution in [3.05, 3.63) is 22.8 Å².